The molecule has 0 unspecified atom stereocenters. The lowest BCUT2D eigenvalue weighted by Crippen LogP contribution is -2.40. The number of aromatic nitrogens is 1. The van der Waals surface area contributed by atoms with Gasteiger partial charge in [0.25, 0.3) is 11.8 Å². The van der Waals surface area contributed by atoms with Crippen molar-refractivity contribution in [2.45, 2.75) is 13.0 Å². The van der Waals surface area contributed by atoms with Crippen molar-refractivity contribution in [1.82, 2.24) is 9.58 Å². The molecule has 158 valence electrons. The van der Waals surface area contributed by atoms with Crippen molar-refractivity contribution >= 4 is 28.9 Å². The summed E-state index contributed by atoms with van der Waals surface area (Å²) in [6.07, 6.45) is 9.29. The van der Waals surface area contributed by atoms with E-state index in [0.29, 0.717) is 11.8 Å². The molecule has 3 aromatic rings. The van der Waals surface area contributed by atoms with Gasteiger partial charge in [0.05, 0.1) is 18.1 Å². The molecule has 1 saturated heterocycles. The van der Waals surface area contributed by atoms with Crippen LogP contribution in [0.15, 0.2) is 78.0 Å². The molecule has 2 bridgehead atoms. The van der Waals surface area contributed by atoms with Crippen molar-refractivity contribution in [1.29, 1.82) is 0 Å². The van der Waals surface area contributed by atoms with Crippen LogP contribution in [0.1, 0.15) is 17.5 Å². The maximum absolute atomic E-state index is 13.2. The monoisotopic (exact) mass is 421 g/mol. The quantitative estimate of drug-likeness (QED) is 0.362. The SMILES string of the molecule is O=C1[C@@H]2[C@@H]3C=C[C@H]([C@H]4C[C@H]34)[C@@H]2C(=O)N1/N=C\c1cn(Cc2ccccc2)c2ccccc12. The van der Waals surface area contributed by atoms with E-state index in [0.717, 1.165) is 28.0 Å². The molecule has 1 aliphatic heterocycles. The topological polar surface area (TPSA) is 54.7 Å². The van der Waals surface area contributed by atoms with Gasteiger partial charge in [-0.1, -0.05) is 60.7 Å². The van der Waals surface area contributed by atoms with E-state index in [-0.39, 0.29) is 35.5 Å². The first kappa shape index (κ1) is 18.1. The number of benzene rings is 2. The lowest BCUT2D eigenvalue weighted by Gasteiger charge is -2.37. The highest BCUT2D eigenvalue weighted by atomic mass is 16.2. The summed E-state index contributed by atoms with van der Waals surface area (Å²) in [6, 6.07) is 18.5. The summed E-state index contributed by atoms with van der Waals surface area (Å²) in [7, 11) is 0. The van der Waals surface area contributed by atoms with Crippen LogP contribution >= 0.6 is 0 Å². The molecule has 5 aliphatic rings. The summed E-state index contributed by atoms with van der Waals surface area (Å²) < 4.78 is 2.19. The van der Waals surface area contributed by atoms with Crippen LogP contribution in [0.3, 0.4) is 0 Å². The third kappa shape index (κ3) is 2.48. The number of rotatable bonds is 4. The van der Waals surface area contributed by atoms with Gasteiger partial charge in [-0.2, -0.15) is 10.1 Å². The number of fused-ring (bicyclic) bond motifs is 1. The first-order chi connectivity index (χ1) is 15.7. The molecule has 0 spiro atoms. The zero-order chi connectivity index (χ0) is 21.4. The molecule has 4 aliphatic carbocycles. The van der Waals surface area contributed by atoms with Gasteiger partial charge in [-0.25, -0.2) is 0 Å². The Bertz CT molecular complexity index is 1290. The molecule has 0 N–H and O–H groups in total. The van der Waals surface area contributed by atoms with E-state index in [1.54, 1.807) is 6.21 Å². The Hall–Kier alpha value is -3.47. The number of nitrogens with zero attached hydrogens (tertiary/aromatic N) is 3. The van der Waals surface area contributed by atoms with Gasteiger partial charge < -0.3 is 4.57 Å². The fraction of sp³-hybridized carbons (Fsp3) is 0.296. The smallest absolute Gasteiger partial charge is 0.254 e. The second kappa shape index (κ2) is 6.52. The van der Waals surface area contributed by atoms with Crippen molar-refractivity contribution < 1.29 is 9.59 Å². The number of imide groups is 1. The van der Waals surface area contributed by atoms with Gasteiger partial charge in [-0.05, 0) is 41.7 Å². The van der Waals surface area contributed by atoms with E-state index >= 15 is 0 Å². The van der Waals surface area contributed by atoms with Gasteiger partial charge in [0.2, 0.25) is 0 Å². The summed E-state index contributed by atoms with van der Waals surface area (Å²) in [6.45, 7) is 0.749. The molecule has 3 fully saturated rings. The van der Waals surface area contributed by atoms with E-state index in [1.807, 2.05) is 30.3 Å². The fourth-order valence-electron chi connectivity index (χ4n) is 6.46. The van der Waals surface area contributed by atoms with E-state index in [9.17, 15) is 9.59 Å². The molecular formula is C27H23N3O2. The number of hydrogen-bond donors (Lipinski definition) is 0. The Balaban J connectivity index is 1.21. The van der Waals surface area contributed by atoms with Crippen molar-refractivity contribution in [2.75, 3.05) is 0 Å². The molecule has 2 aromatic carbocycles. The second-order valence-corrected chi connectivity index (χ2v) is 9.60. The molecule has 32 heavy (non-hydrogen) atoms. The van der Waals surface area contributed by atoms with Crippen molar-refractivity contribution in [3.8, 4) is 0 Å². The van der Waals surface area contributed by atoms with Crippen LogP contribution in [0, 0.1) is 35.5 Å². The summed E-state index contributed by atoms with van der Waals surface area (Å²) >= 11 is 0. The molecule has 6 atom stereocenters. The summed E-state index contributed by atoms with van der Waals surface area (Å²) in [4.78, 5) is 26.4. The van der Waals surface area contributed by atoms with Crippen LogP contribution in [0.25, 0.3) is 10.9 Å². The molecule has 1 aromatic heterocycles. The number of allylic oxidation sites excluding steroid dienone is 2. The Morgan fingerprint density at radius 1 is 0.875 bits per heavy atom. The molecule has 2 amide bonds. The minimum Gasteiger partial charge on any atom is -0.342 e. The second-order valence-electron chi connectivity index (χ2n) is 9.60. The number of carbonyl (C=O) groups is 2. The Morgan fingerprint density at radius 3 is 2.25 bits per heavy atom. The molecule has 8 rings (SSSR count). The van der Waals surface area contributed by atoms with Gasteiger partial charge in [0.1, 0.15) is 0 Å². The van der Waals surface area contributed by atoms with Gasteiger partial charge in [0, 0.05) is 29.2 Å². The fourth-order valence-corrected chi connectivity index (χ4v) is 6.46. The summed E-state index contributed by atoms with van der Waals surface area (Å²) in [5.74, 6) is 0.989. The lowest BCUT2D eigenvalue weighted by atomic mass is 9.63. The van der Waals surface area contributed by atoms with Gasteiger partial charge >= 0.3 is 0 Å². The minimum atomic E-state index is -0.210. The van der Waals surface area contributed by atoms with Crippen LogP contribution in [0.5, 0.6) is 0 Å². The molecule has 5 heteroatoms. The number of hydrogen-bond acceptors (Lipinski definition) is 3. The van der Waals surface area contributed by atoms with Crippen molar-refractivity contribution in [2.24, 2.45) is 40.6 Å². The summed E-state index contributed by atoms with van der Waals surface area (Å²) in [5, 5.41) is 6.68. The Labute approximate surface area is 186 Å². The number of para-hydroxylation sites is 1. The first-order valence-corrected chi connectivity index (χ1v) is 11.4. The Kier molecular flexibility index (Phi) is 3.69. The molecule has 5 nitrogen and oxygen atoms in total. The van der Waals surface area contributed by atoms with Gasteiger partial charge in [-0.15, -0.1) is 0 Å². The highest BCUT2D eigenvalue weighted by Crippen LogP contribution is 2.65. The maximum atomic E-state index is 13.2. The minimum absolute atomic E-state index is 0.117. The van der Waals surface area contributed by atoms with Crippen LogP contribution < -0.4 is 0 Å². The van der Waals surface area contributed by atoms with Crippen LogP contribution in [0.4, 0.5) is 0 Å². The largest absolute Gasteiger partial charge is 0.342 e. The molecule has 0 radical (unpaired) electrons. The molecular weight excluding hydrogens is 398 g/mol. The number of carbonyl (C=O) groups excluding carboxylic acids is 2. The van der Waals surface area contributed by atoms with E-state index in [1.165, 1.54) is 12.0 Å². The van der Waals surface area contributed by atoms with E-state index in [2.05, 4.69) is 52.3 Å². The average Bonchev–Trinajstić information content (AvgIpc) is 3.54. The highest BCUT2D eigenvalue weighted by Gasteiger charge is 2.67. The van der Waals surface area contributed by atoms with Crippen molar-refractivity contribution in [3.05, 3.63) is 84.1 Å². The van der Waals surface area contributed by atoms with E-state index < -0.39 is 0 Å². The number of amides is 2. The lowest BCUT2D eigenvalue weighted by molar-refractivity contribution is -0.140. The zero-order valence-corrected chi connectivity index (χ0v) is 17.5. The summed E-state index contributed by atoms with van der Waals surface area (Å²) in [5.41, 5.74) is 3.23. The maximum Gasteiger partial charge on any atom is 0.254 e. The van der Waals surface area contributed by atoms with Gasteiger partial charge in [-0.3, -0.25) is 9.59 Å². The standard InChI is InChI=1S/C27H23N3O2/c31-26-24-19-10-11-20(22-12-21(19)22)25(24)27(32)30(26)28-13-17-15-29(14-16-6-2-1-3-7-16)23-9-5-4-8-18(17)23/h1-11,13,15,19-22,24-25H,12,14H2/b28-13-/t19-,20-,21-,22-,24-,25+/m1/s1. The Morgan fingerprint density at radius 2 is 1.53 bits per heavy atom. The predicted molar refractivity (Wildman–Crippen MR) is 122 cm³/mol. The average molecular weight is 422 g/mol. The highest BCUT2D eigenvalue weighted by molar-refractivity contribution is 6.07. The van der Waals surface area contributed by atoms with Crippen LogP contribution in [-0.2, 0) is 16.1 Å². The normalized spacial score (nSPS) is 32.2. The third-order valence-electron chi connectivity index (χ3n) is 7.97. The van der Waals surface area contributed by atoms with Gasteiger partial charge in [0.15, 0.2) is 0 Å². The van der Waals surface area contributed by atoms with Crippen LogP contribution in [-0.4, -0.2) is 27.6 Å². The predicted octanol–water partition coefficient (Wildman–Crippen LogP) is 4.08. The zero-order valence-electron chi connectivity index (χ0n) is 17.5. The van der Waals surface area contributed by atoms with E-state index in [4.69, 9.17) is 0 Å². The first-order valence-electron chi connectivity index (χ1n) is 11.4. The molecule has 2 heterocycles. The number of hydrazone groups is 1. The van der Waals surface area contributed by atoms with Crippen LogP contribution in [0.2, 0.25) is 0 Å². The third-order valence-corrected chi connectivity index (χ3v) is 7.97. The molecule has 2 saturated carbocycles. The van der Waals surface area contributed by atoms with Crippen molar-refractivity contribution in [3.63, 3.8) is 0 Å².